The molecule has 0 aliphatic carbocycles. The van der Waals surface area contributed by atoms with E-state index in [1.165, 1.54) is 22.3 Å². The van der Waals surface area contributed by atoms with Gasteiger partial charge in [-0.25, -0.2) is 0 Å². The fourth-order valence-corrected chi connectivity index (χ4v) is 2.99. The standard InChI is InChI=1S/C18H21N3/c1-13-8-14(2)10-16(9-13)17-11-20-18(19)21(17)12-15-6-4-3-5-7-15/h3-10,17H,11-12H2,1-2H3,(H2,19,20). The van der Waals surface area contributed by atoms with Gasteiger partial charge < -0.3 is 10.6 Å². The molecule has 0 radical (unpaired) electrons. The van der Waals surface area contributed by atoms with E-state index in [1.54, 1.807) is 0 Å². The van der Waals surface area contributed by atoms with Crippen molar-refractivity contribution < 1.29 is 0 Å². The second-order valence-corrected chi connectivity index (χ2v) is 5.75. The predicted molar refractivity (Wildman–Crippen MR) is 87.1 cm³/mol. The maximum absolute atomic E-state index is 6.11. The molecule has 0 saturated heterocycles. The molecule has 2 aromatic carbocycles. The molecule has 1 atom stereocenters. The normalized spacial score (nSPS) is 17.9. The highest BCUT2D eigenvalue weighted by atomic mass is 15.3. The monoisotopic (exact) mass is 279 g/mol. The van der Waals surface area contributed by atoms with E-state index >= 15 is 0 Å². The Morgan fingerprint density at radius 1 is 1.10 bits per heavy atom. The third kappa shape index (κ3) is 2.92. The van der Waals surface area contributed by atoms with Crippen molar-refractivity contribution in [2.24, 2.45) is 10.7 Å². The quantitative estimate of drug-likeness (QED) is 0.937. The van der Waals surface area contributed by atoms with Crippen LogP contribution in [-0.4, -0.2) is 17.4 Å². The van der Waals surface area contributed by atoms with E-state index in [0.29, 0.717) is 5.96 Å². The van der Waals surface area contributed by atoms with Crippen molar-refractivity contribution in [1.82, 2.24) is 4.90 Å². The van der Waals surface area contributed by atoms with Gasteiger partial charge in [0, 0.05) is 6.54 Å². The SMILES string of the molecule is Cc1cc(C)cc(C2CN=C(N)N2Cc2ccccc2)c1. The molecular formula is C18H21N3. The minimum atomic E-state index is 0.240. The average Bonchev–Trinajstić information content (AvgIpc) is 2.80. The van der Waals surface area contributed by atoms with E-state index in [-0.39, 0.29) is 6.04 Å². The summed E-state index contributed by atoms with van der Waals surface area (Å²) in [7, 11) is 0. The zero-order chi connectivity index (χ0) is 14.8. The van der Waals surface area contributed by atoms with Gasteiger partial charge in [0.2, 0.25) is 0 Å². The number of nitrogens with two attached hydrogens (primary N) is 1. The Morgan fingerprint density at radius 3 is 2.43 bits per heavy atom. The van der Waals surface area contributed by atoms with Crippen LogP contribution >= 0.6 is 0 Å². The number of aliphatic imine (C=N–C) groups is 1. The third-order valence-electron chi connectivity index (χ3n) is 3.92. The maximum Gasteiger partial charge on any atom is 0.192 e. The smallest absolute Gasteiger partial charge is 0.192 e. The number of rotatable bonds is 3. The van der Waals surface area contributed by atoms with E-state index in [9.17, 15) is 0 Å². The molecule has 21 heavy (non-hydrogen) atoms. The lowest BCUT2D eigenvalue weighted by atomic mass is 10.0. The van der Waals surface area contributed by atoms with E-state index < -0.39 is 0 Å². The predicted octanol–water partition coefficient (Wildman–Crippen LogP) is 3.18. The Kier molecular flexibility index (Phi) is 3.65. The first-order valence-electron chi connectivity index (χ1n) is 7.32. The lowest BCUT2D eigenvalue weighted by Crippen LogP contribution is -2.35. The molecule has 0 aromatic heterocycles. The van der Waals surface area contributed by atoms with Gasteiger partial charge in [-0.15, -0.1) is 0 Å². The molecule has 2 aromatic rings. The molecule has 3 heteroatoms. The van der Waals surface area contributed by atoms with E-state index in [0.717, 1.165) is 13.1 Å². The first kappa shape index (κ1) is 13.7. The summed E-state index contributed by atoms with van der Waals surface area (Å²) in [5.74, 6) is 0.642. The number of guanidine groups is 1. The summed E-state index contributed by atoms with van der Waals surface area (Å²) in [6.45, 7) is 5.81. The van der Waals surface area contributed by atoms with Crippen LogP contribution in [-0.2, 0) is 6.54 Å². The van der Waals surface area contributed by atoms with Gasteiger partial charge in [0.15, 0.2) is 5.96 Å². The van der Waals surface area contributed by atoms with Gasteiger partial charge in [-0.05, 0) is 25.0 Å². The van der Waals surface area contributed by atoms with Gasteiger partial charge in [0.1, 0.15) is 0 Å². The first-order valence-corrected chi connectivity index (χ1v) is 7.32. The van der Waals surface area contributed by atoms with Crippen molar-refractivity contribution in [3.05, 3.63) is 70.8 Å². The Bertz CT molecular complexity index is 641. The Labute approximate surface area is 126 Å². The zero-order valence-electron chi connectivity index (χ0n) is 12.6. The van der Waals surface area contributed by atoms with Gasteiger partial charge in [-0.1, -0.05) is 59.7 Å². The number of benzene rings is 2. The molecule has 0 fully saturated rings. The van der Waals surface area contributed by atoms with Crippen LogP contribution in [0, 0.1) is 13.8 Å². The fourth-order valence-electron chi connectivity index (χ4n) is 2.99. The summed E-state index contributed by atoms with van der Waals surface area (Å²) in [5.41, 5.74) is 11.2. The Morgan fingerprint density at radius 2 is 1.76 bits per heavy atom. The molecular weight excluding hydrogens is 258 g/mol. The van der Waals surface area contributed by atoms with Crippen LogP contribution in [0.4, 0.5) is 0 Å². The fraction of sp³-hybridized carbons (Fsp3) is 0.278. The average molecular weight is 279 g/mol. The summed E-state index contributed by atoms with van der Waals surface area (Å²) in [6.07, 6.45) is 0. The molecule has 108 valence electrons. The van der Waals surface area contributed by atoms with Crippen LogP contribution in [0.1, 0.15) is 28.3 Å². The van der Waals surface area contributed by atoms with Crippen molar-refractivity contribution in [1.29, 1.82) is 0 Å². The highest BCUT2D eigenvalue weighted by Crippen LogP contribution is 2.28. The van der Waals surface area contributed by atoms with E-state index in [4.69, 9.17) is 5.73 Å². The molecule has 0 bridgehead atoms. The van der Waals surface area contributed by atoms with Crippen molar-refractivity contribution in [3.63, 3.8) is 0 Å². The van der Waals surface area contributed by atoms with Crippen LogP contribution in [0.3, 0.4) is 0 Å². The minimum Gasteiger partial charge on any atom is -0.370 e. The van der Waals surface area contributed by atoms with Gasteiger partial charge in [0.05, 0.1) is 12.6 Å². The van der Waals surface area contributed by atoms with Crippen LogP contribution < -0.4 is 5.73 Å². The summed E-state index contributed by atoms with van der Waals surface area (Å²) in [6, 6.07) is 17.3. The second kappa shape index (κ2) is 5.60. The molecule has 3 nitrogen and oxygen atoms in total. The van der Waals surface area contributed by atoms with E-state index in [1.807, 2.05) is 6.07 Å². The Hall–Kier alpha value is -2.29. The number of hydrogen-bond acceptors (Lipinski definition) is 3. The molecule has 0 saturated carbocycles. The molecule has 0 spiro atoms. The third-order valence-corrected chi connectivity index (χ3v) is 3.92. The van der Waals surface area contributed by atoms with Gasteiger partial charge in [0.25, 0.3) is 0 Å². The number of nitrogens with zero attached hydrogens (tertiary/aromatic N) is 2. The molecule has 3 rings (SSSR count). The second-order valence-electron chi connectivity index (χ2n) is 5.75. The molecule has 1 unspecified atom stereocenters. The molecule has 1 aliphatic heterocycles. The lowest BCUT2D eigenvalue weighted by molar-refractivity contribution is 0.340. The molecule has 1 heterocycles. The molecule has 1 aliphatic rings. The Balaban J connectivity index is 1.88. The van der Waals surface area contributed by atoms with Crippen LogP contribution in [0.2, 0.25) is 0 Å². The van der Waals surface area contributed by atoms with Gasteiger partial charge >= 0.3 is 0 Å². The van der Waals surface area contributed by atoms with Crippen molar-refractivity contribution in [2.45, 2.75) is 26.4 Å². The maximum atomic E-state index is 6.11. The number of aryl methyl sites for hydroxylation is 2. The first-order chi connectivity index (χ1) is 10.1. The summed E-state index contributed by atoms with van der Waals surface area (Å²) >= 11 is 0. The molecule has 0 amide bonds. The summed E-state index contributed by atoms with van der Waals surface area (Å²) in [5, 5.41) is 0. The highest BCUT2D eigenvalue weighted by molar-refractivity contribution is 5.80. The van der Waals surface area contributed by atoms with Crippen molar-refractivity contribution in [2.75, 3.05) is 6.54 Å². The van der Waals surface area contributed by atoms with Crippen molar-refractivity contribution in [3.8, 4) is 0 Å². The molecule has 2 N–H and O–H groups in total. The highest BCUT2D eigenvalue weighted by Gasteiger charge is 2.27. The largest absolute Gasteiger partial charge is 0.370 e. The topological polar surface area (TPSA) is 41.6 Å². The zero-order valence-corrected chi connectivity index (χ0v) is 12.6. The van der Waals surface area contributed by atoms with Crippen LogP contribution in [0.5, 0.6) is 0 Å². The van der Waals surface area contributed by atoms with Crippen LogP contribution in [0.15, 0.2) is 53.5 Å². The number of hydrogen-bond donors (Lipinski definition) is 1. The minimum absolute atomic E-state index is 0.240. The van der Waals surface area contributed by atoms with Crippen LogP contribution in [0.25, 0.3) is 0 Å². The summed E-state index contributed by atoms with van der Waals surface area (Å²) in [4.78, 5) is 6.65. The lowest BCUT2D eigenvalue weighted by Gasteiger charge is -2.27. The summed E-state index contributed by atoms with van der Waals surface area (Å²) < 4.78 is 0. The van der Waals surface area contributed by atoms with Crippen molar-refractivity contribution >= 4 is 5.96 Å². The van der Waals surface area contributed by atoms with Gasteiger partial charge in [-0.2, -0.15) is 0 Å². The van der Waals surface area contributed by atoms with E-state index in [2.05, 4.69) is 66.2 Å². The van der Waals surface area contributed by atoms with Gasteiger partial charge in [-0.3, -0.25) is 4.99 Å².